The molecule has 0 aliphatic carbocycles. The highest BCUT2D eigenvalue weighted by molar-refractivity contribution is 5.94. The number of guanidine groups is 1. The van der Waals surface area contributed by atoms with E-state index in [2.05, 4.69) is 47.5 Å². The summed E-state index contributed by atoms with van der Waals surface area (Å²) in [4.78, 5) is 118. The third kappa shape index (κ3) is 34.4. The monoisotopic (exact) mass is 762 g/mol. The number of carbonyl (C=O) groups excluding carboxylic acids is 10. The molecule has 0 radical (unpaired) electrons. The van der Waals surface area contributed by atoms with Crippen molar-refractivity contribution in [2.24, 2.45) is 16.5 Å². The molecular formula is C30H58N12O11. The summed E-state index contributed by atoms with van der Waals surface area (Å²) in [7, 11) is 0. The Morgan fingerprint density at radius 3 is 1.19 bits per heavy atom. The van der Waals surface area contributed by atoms with Crippen LogP contribution in [0, 0.1) is 0 Å². The summed E-state index contributed by atoms with van der Waals surface area (Å²) in [6.07, 6.45) is 1.94. The summed E-state index contributed by atoms with van der Waals surface area (Å²) in [5.41, 5.74) is 11.3. The lowest BCUT2D eigenvalue weighted by molar-refractivity contribution is -0.132. The highest BCUT2D eigenvalue weighted by atomic mass is 16.5. The Morgan fingerprint density at radius 1 is 0.585 bits per heavy atom. The van der Waals surface area contributed by atoms with Gasteiger partial charge < -0.3 is 58.8 Å². The van der Waals surface area contributed by atoms with Gasteiger partial charge in [0.2, 0.25) is 47.3 Å². The second-order valence-electron chi connectivity index (χ2n) is 10.0. The lowest BCUT2D eigenvalue weighted by Gasteiger charge is -2.16. The first-order valence-corrected chi connectivity index (χ1v) is 16.5. The smallest absolute Gasteiger partial charge is 0.262 e. The molecule has 0 aliphatic heterocycles. The Kier molecular flexibility index (Phi) is 35.2. The van der Waals surface area contributed by atoms with E-state index >= 15 is 0 Å². The van der Waals surface area contributed by atoms with Gasteiger partial charge in [0, 0.05) is 13.0 Å². The van der Waals surface area contributed by atoms with Crippen LogP contribution in [0.4, 0.5) is 0 Å². The Hall–Kier alpha value is -5.87. The minimum atomic E-state index is -1.07. The Balaban J connectivity index is -0.000000863. The van der Waals surface area contributed by atoms with Crippen LogP contribution in [0.2, 0.25) is 0 Å². The van der Waals surface area contributed by atoms with Crippen molar-refractivity contribution in [1.82, 2.24) is 48.0 Å². The Bertz CT molecular complexity index is 1210. The highest BCUT2D eigenvalue weighted by Gasteiger charge is 2.20. The number of hydroxylamine groups is 1. The van der Waals surface area contributed by atoms with Gasteiger partial charge in [0.15, 0.2) is 5.96 Å². The molecule has 0 spiro atoms. The van der Waals surface area contributed by atoms with Crippen LogP contribution in [0.25, 0.3) is 0 Å². The van der Waals surface area contributed by atoms with Crippen molar-refractivity contribution in [3.63, 3.8) is 0 Å². The predicted octanol–water partition coefficient (Wildman–Crippen LogP) is -5.10. The molecule has 23 heteroatoms. The molecule has 0 aliphatic rings. The summed E-state index contributed by atoms with van der Waals surface area (Å²) in [5.74, 6) is -5.97. The Labute approximate surface area is 308 Å². The summed E-state index contributed by atoms with van der Waals surface area (Å²) in [5, 5.41) is 26.5. The fourth-order valence-corrected chi connectivity index (χ4v) is 2.85. The van der Waals surface area contributed by atoms with Crippen LogP contribution in [0.15, 0.2) is 4.99 Å². The van der Waals surface area contributed by atoms with Gasteiger partial charge in [-0.2, -0.15) is 0 Å². The molecule has 0 heterocycles. The van der Waals surface area contributed by atoms with Gasteiger partial charge in [-0.1, -0.05) is 27.7 Å². The van der Waals surface area contributed by atoms with Crippen LogP contribution in [0.1, 0.15) is 68.2 Å². The van der Waals surface area contributed by atoms with Crippen molar-refractivity contribution >= 4 is 65.4 Å². The quantitative estimate of drug-likeness (QED) is 0.0193. The molecule has 304 valence electrons. The van der Waals surface area contributed by atoms with Crippen LogP contribution in [0.3, 0.4) is 0 Å². The number of aliphatic imine (C=N–C) groups is 1. The van der Waals surface area contributed by atoms with Crippen molar-refractivity contribution < 1.29 is 53.2 Å². The first-order chi connectivity index (χ1) is 24.9. The van der Waals surface area contributed by atoms with E-state index in [1.807, 2.05) is 20.8 Å². The van der Waals surface area contributed by atoms with E-state index in [-0.39, 0.29) is 18.3 Å². The predicted molar refractivity (Wildman–Crippen MR) is 192 cm³/mol. The van der Waals surface area contributed by atoms with Crippen molar-refractivity contribution in [2.75, 3.05) is 39.3 Å². The van der Waals surface area contributed by atoms with Crippen molar-refractivity contribution in [1.29, 1.82) is 0 Å². The number of hydrogen-bond acceptors (Lipinski definition) is 12. The van der Waals surface area contributed by atoms with Gasteiger partial charge in [-0.15, -0.1) is 0 Å². The molecule has 3 atom stereocenters. The SMILES string of the molecule is CC.CC=O.CCC(=O)NC(C)C(=O)NCC(=O)NC(C)C(=O)NCC(=O)NCC(=O)NCC(=O)NC(C)C(=O)NCC(=O)NO.CCCN=C(N)N. The van der Waals surface area contributed by atoms with Gasteiger partial charge >= 0.3 is 0 Å². The first-order valence-electron chi connectivity index (χ1n) is 16.5. The van der Waals surface area contributed by atoms with Crippen molar-refractivity contribution in [3.8, 4) is 0 Å². The molecule has 53 heavy (non-hydrogen) atoms. The maximum absolute atomic E-state index is 12.1. The normalized spacial score (nSPS) is 10.9. The first kappa shape index (κ1) is 53.9. The standard InChI is InChI=1S/C22H37N9O10.C4H11N3.C2H4O.C2H6/c1-5-14(32)28-11(2)20(38)26-9-18(36)30-12(3)21(39)25-7-16(34)23-6-15(33)24-8-17(35)29-13(4)22(40)27-10-19(37)31-41;1-2-3-7-4(5)6;1-2-3;1-2/h11-13,41H,5-10H2,1-4H3,(H,23,34)(H,24,33)(H,25,39)(H,26,38)(H,27,40)(H,28,32)(H,29,35)(H,30,36)(H,31,37);2-3H2,1H3,(H4,5,6,7);2H,1H3;1-2H3. The molecule has 0 fully saturated rings. The summed E-state index contributed by atoms with van der Waals surface area (Å²) < 4.78 is 0. The van der Waals surface area contributed by atoms with Crippen LogP contribution < -0.4 is 59.5 Å². The molecule has 23 nitrogen and oxygen atoms in total. The van der Waals surface area contributed by atoms with Crippen molar-refractivity contribution in [3.05, 3.63) is 0 Å². The van der Waals surface area contributed by atoms with Gasteiger partial charge in [-0.25, -0.2) is 5.48 Å². The van der Waals surface area contributed by atoms with Gasteiger partial charge in [0.25, 0.3) is 5.91 Å². The molecule has 0 saturated heterocycles. The number of nitrogens with zero attached hydrogens (tertiary/aromatic N) is 1. The highest BCUT2D eigenvalue weighted by Crippen LogP contribution is 1.87. The molecule has 0 saturated carbocycles. The largest absolute Gasteiger partial charge is 0.370 e. The minimum absolute atomic E-state index is 0.182. The summed E-state index contributed by atoms with van der Waals surface area (Å²) in [6, 6.07) is -2.97. The van der Waals surface area contributed by atoms with Gasteiger partial charge in [0.1, 0.15) is 24.4 Å². The molecule has 0 rings (SSSR count). The second kappa shape index (κ2) is 34.6. The Morgan fingerprint density at radius 2 is 0.887 bits per heavy atom. The summed E-state index contributed by atoms with van der Waals surface area (Å²) >= 11 is 0. The van der Waals surface area contributed by atoms with E-state index in [0.29, 0.717) is 0 Å². The average Bonchev–Trinajstić information content (AvgIpc) is 3.13. The number of rotatable bonds is 19. The van der Waals surface area contributed by atoms with Crippen LogP contribution in [0.5, 0.6) is 0 Å². The number of nitrogens with two attached hydrogens (primary N) is 2. The topological polar surface area (TPSA) is 364 Å². The molecule has 3 unspecified atom stereocenters. The maximum Gasteiger partial charge on any atom is 0.262 e. The van der Waals surface area contributed by atoms with E-state index < -0.39 is 98.1 Å². The van der Waals surface area contributed by atoms with Gasteiger partial charge in [-0.05, 0) is 34.1 Å². The van der Waals surface area contributed by atoms with E-state index in [4.69, 9.17) is 21.5 Å². The summed E-state index contributed by atoms with van der Waals surface area (Å²) in [6.45, 7) is 11.4. The number of carbonyl (C=O) groups is 10. The maximum atomic E-state index is 12.1. The zero-order valence-corrected chi connectivity index (χ0v) is 31.6. The molecule has 0 aromatic carbocycles. The zero-order valence-electron chi connectivity index (χ0n) is 31.6. The van der Waals surface area contributed by atoms with Crippen LogP contribution >= 0.6 is 0 Å². The van der Waals surface area contributed by atoms with Crippen LogP contribution in [-0.2, 0) is 47.9 Å². The zero-order chi connectivity index (χ0) is 41.9. The van der Waals surface area contributed by atoms with E-state index in [1.165, 1.54) is 33.2 Å². The molecule has 14 N–H and O–H groups in total. The number of amides is 9. The minimum Gasteiger partial charge on any atom is -0.370 e. The molecule has 0 bridgehead atoms. The molecule has 9 amide bonds. The fraction of sp³-hybridized carbons (Fsp3) is 0.633. The third-order valence-electron chi connectivity index (χ3n) is 5.44. The van der Waals surface area contributed by atoms with Crippen molar-refractivity contribution in [2.45, 2.75) is 86.4 Å². The molecule has 0 aromatic rings. The fourth-order valence-electron chi connectivity index (χ4n) is 2.85. The van der Waals surface area contributed by atoms with Gasteiger partial charge in [-0.3, -0.25) is 53.4 Å². The van der Waals surface area contributed by atoms with E-state index in [9.17, 15) is 43.2 Å². The van der Waals surface area contributed by atoms with E-state index in [0.717, 1.165) is 19.3 Å². The third-order valence-corrected chi connectivity index (χ3v) is 5.44. The lowest BCUT2D eigenvalue weighted by Crippen LogP contribution is -2.52. The average molecular weight is 763 g/mol. The number of hydrogen-bond donors (Lipinski definition) is 12. The second-order valence-corrected chi connectivity index (χ2v) is 10.0. The van der Waals surface area contributed by atoms with Gasteiger partial charge in [0.05, 0.1) is 32.7 Å². The van der Waals surface area contributed by atoms with E-state index in [1.54, 1.807) is 6.92 Å². The molecule has 0 aromatic heterocycles. The number of nitrogens with one attached hydrogen (secondary N) is 9. The number of aldehydes is 1. The lowest BCUT2D eigenvalue weighted by atomic mass is 10.3. The molecular weight excluding hydrogens is 704 g/mol. The van der Waals surface area contributed by atoms with Crippen LogP contribution in [-0.4, -0.2) is 128 Å².